The molecule has 0 unspecified atom stereocenters. The molecule has 1 aliphatic carbocycles. The lowest BCUT2D eigenvalue weighted by Crippen LogP contribution is -2.12. The van der Waals surface area contributed by atoms with Gasteiger partial charge in [0.2, 0.25) is 0 Å². The fraction of sp³-hybridized carbons (Fsp3) is 0.533. The van der Waals surface area contributed by atoms with Gasteiger partial charge >= 0.3 is 0 Å². The molecule has 0 bridgehead atoms. The second-order valence-electron chi connectivity index (χ2n) is 5.56. The molecular formula is C15H21N3O. The summed E-state index contributed by atoms with van der Waals surface area (Å²) in [5.74, 6) is 1.83. The summed E-state index contributed by atoms with van der Waals surface area (Å²) in [5, 5.41) is 0. The van der Waals surface area contributed by atoms with Crippen molar-refractivity contribution in [2.24, 2.45) is 0 Å². The van der Waals surface area contributed by atoms with Crippen LogP contribution in [0.1, 0.15) is 38.4 Å². The van der Waals surface area contributed by atoms with Gasteiger partial charge in [-0.15, -0.1) is 0 Å². The van der Waals surface area contributed by atoms with Gasteiger partial charge in [0.15, 0.2) is 0 Å². The predicted molar refractivity (Wildman–Crippen MR) is 77.2 cm³/mol. The fourth-order valence-corrected chi connectivity index (χ4v) is 2.43. The van der Waals surface area contributed by atoms with Crippen LogP contribution in [-0.4, -0.2) is 22.3 Å². The largest absolute Gasteiger partial charge is 0.399 e. The number of benzene rings is 1. The van der Waals surface area contributed by atoms with Gasteiger partial charge in [-0.25, -0.2) is 4.98 Å². The predicted octanol–water partition coefficient (Wildman–Crippen LogP) is 2.92. The summed E-state index contributed by atoms with van der Waals surface area (Å²) in [6.07, 6.45) is 2.78. The number of anilines is 1. The molecule has 0 aliphatic heterocycles. The number of fused-ring (bicyclic) bond motifs is 1. The minimum absolute atomic E-state index is 0.273. The molecule has 2 N–H and O–H groups in total. The molecule has 1 aliphatic rings. The molecule has 102 valence electrons. The molecule has 19 heavy (non-hydrogen) atoms. The standard InChI is InChI=1S/C15H21N3O/c1-10(2)19-8-7-18-14-6-5-12(16)9-13(14)17-15(18)11-3-4-11/h5-6,9-11H,3-4,7-8,16H2,1-2H3. The normalized spacial score (nSPS) is 15.5. The quantitative estimate of drug-likeness (QED) is 0.840. The highest BCUT2D eigenvalue weighted by Crippen LogP contribution is 2.40. The first-order chi connectivity index (χ1) is 9.15. The summed E-state index contributed by atoms with van der Waals surface area (Å²) in [5.41, 5.74) is 8.79. The topological polar surface area (TPSA) is 53.1 Å². The molecule has 1 saturated carbocycles. The first-order valence-electron chi connectivity index (χ1n) is 7.02. The molecule has 0 radical (unpaired) electrons. The first kappa shape index (κ1) is 12.5. The highest BCUT2D eigenvalue weighted by Gasteiger charge is 2.29. The van der Waals surface area contributed by atoms with E-state index in [0.29, 0.717) is 5.92 Å². The molecule has 1 heterocycles. The average molecular weight is 259 g/mol. The first-order valence-corrected chi connectivity index (χ1v) is 7.02. The van der Waals surface area contributed by atoms with Gasteiger partial charge in [-0.3, -0.25) is 0 Å². The Kier molecular flexibility index (Phi) is 3.19. The Morgan fingerprint density at radius 3 is 2.89 bits per heavy atom. The molecule has 0 saturated heterocycles. The smallest absolute Gasteiger partial charge is 0.113 e. The van der Waals surface area contributed by atoms with Crippen LogP contribution in [0.3, 0.4) is 0 Å². The lowest BCUT2D eigenvalue weighted by molar-refractivity contribution is 0.0729. The third-order valence-corrected chi connectivity index (χ3v) is 3.51. The van der Waals surface area contributed by atoms with E-state index in [9.17, 15) is 0 Å². The molecule has 3 rings (SSSR count). The van der Waals surface area contributed by atoms with Crippen LogP contribution in [0.15, 0.2) is 18.2 Å². The van der Waals surface area contributed by atoms with E-state index in [1.165, 1.54) is 24.2 Å². The maximum absolute atomic E-state index is 5.84. The Hall–Kier alpha value is -1.55. The summed E-state index contributed by atoms with van der Waals surface area (Å²) >= 11 is 0. The Balaban J connectivity index is 1.92. The van der Waals surface area contributed by atoms with E-state index < -0.39 is 0 Å². The van der Waals surface area contributed by atoms with Crippen LogP contribution in [0.5, 0.6) is 0 Å². The van der Waals surface area contributed by atoms with Gasteiger partial charge in [0.25, 0.3) is 0 Å². The van der Waals surface area contributed by atoms with Crippen LogP contribution in [0.2, 0.25) is 0 Å². The van der Waals surface area contributed by atoms with Crippen molar-refractivity contribution in [1.82, 2.24) is 9.55 Å². The highest BCUT2D eigenvalue weighted by atomic mass is 16.5. The molecular weight excluding hydrogens is 238 g/mol. The number of ether oxygens (including phenoxy) is 1. The Morgan fingerprint density at radius 1 is 1.42 bits per heavy atom. The lowest BCUT2D eigenvalue weighted by Gasteiger charge is -2.11. The summed E-state index contributed by atoms with van der Waals surface area (Å²) in [6.45, 7) is 5.72. The molecule has 0 amide bonds. The van der Waals surface area contributed by atoms with Crippen LogP contribution in [0, 0.1) is 0 Å². The van der Waals surface area contributed by atoms with Gasteiger partial charge in [0.1, 0.15) is 5.82 Å². The van der Waals surface area contributed by atoms with Crippen molar-refractivity contribution in [3.63, 3.8) is 0 Å². The summed E-state index contributed by atoms with van der Waals surface area (Å²) in [4.78, 5) is 4.76. The highest BCUT2D eigenvalue weighted by molar-refractivity contribution is 5.79. The van der Waals surface area contributed by atoms with E-state index in [1.807, 2.05) is 12.1 Å². The third-order valence-electron chi connectivity index (χ3n) is 3.51. The van der Waals surface area contributed by atoms with Crippen molar-refractivity contribution in [2.75, 3.05) is 12.3 Å². The summed E-state index contributed by atoms with van der Waals surface area (Å²) < 4.78 is 7.97. The van der Waals surface area contributed by atoms with E-state index in [0.717, 1.165) is 24.4 Å². The zero-order chi connectivity index (χ0) is 13.4. The van der Waals surface area contributed by atoms with E-state index in [1.54, 1.807) is 0 Å². The van der Waals surface area contributed by atoms with E-state index in [4.69, 9.17) is 15.5 Å². The third kappa shape index (κ3) is 2.59. The van der Waals surface area contributed by atoms with Crippen LogP contribution in [0.4, 0.5) is 5.69 Å². The monoisotopic (exact) mass is 259 g/mol. The number of aromatic nitrogens is 2. The number of nitrogens with two attached hydrogens (primary N) is 1. The molecule has 1 fully saturated rings. The molecule has 1 aromatic heterocycles. The van der Waals surface area contributed by atoms with Gasteiger partial charge in [0, 0.05) is 18.2 Å². The molecule has 4 heteroatoms. The molecule has 1 aromatic carbocycles. The number of imidazole rings is 1. The van der Waals surface area contributed by atoms with Crippen molar-refractivity contribution in [2.45, 2.75) is 45.3 Å². The van der Waals surface area contributed by atoms with Crippen molar-refractivity contribution >= 4 is 16.7 Å². The maximum Gasteiger partial charge on any atom is 0.113 e. The van der Waals surface area contributed by atoms with Crippen LogP contribution in [0.25, 0.3) is 11.0 Å². The van der Waals surface area contributed by atoms with E-state index in [-0.39, 0.29) is 6.10 Å². The van der Waals surface area contributed by atoms with Gasteiger partial charge in [-0.05, 0) is 44.9 Å². The summed E-state index contributed by atoms with van der Waals surface area (Å²) in [6, 6.07) is 5.97. The fourth-order valence-electron chi connectivity index (χ4n) is 2.43. The zero-order valence-corrected chi connectivity index (χ0v) is 11.6. The van der Waals surface area contributed by atoms with Crippen LogP contribution < -0.4 is 5.73 Å². The van der Waals surface area contributed by atoms with Gasteiger partial charge in [-0.2, -0.15) is 0 Å². The minimum Gasteiger partial charge on any atom is -0.399 e. The van der Waals surface area contributed by atoms with Crippen LogP contribution >= 0.6 is 0 Å². The Bertz CT molecular complexity index is 584. The Labute approximate surface area is 113 Å². The second kappa shape index (κ2) is 4.85. The number of rotatable bonds is 5. The van der Waals surface area contributed by atoms with Crippen molar-refractivity contribution in [3.8, 4) is 0 Å². The average Bonchev–Trinajstić information content (AvgIpc) is 3.13. The second-order valence-corrected chi connectivity index (χ2v) is 5.56. The van der Waals surface area contributed by atoms with Crippen molar-refractivity contribution in [1.29, 1.82) is 0 Å². The maximum atomic E-state index is 5.84. The summed E-state index contributed by atoms with van der Waals surface area (Å²) in [7, 11) is 0. The lowest BCUT2D eigenvalue weighted by atomic mass is 10.3. The number of hydrogen-bond acceptors (Lipinski definition) is 3. The zero-order valence-electron chi connectivity index (χ0n) is 11.6. The Morgan fingerprint density at radius 2 is 2.21 bits per heavy atom. The van der Waals surface area contributed by atoms with E-state index in [2.05, 4.69) is 24.5 Å². The van der Waals surface area contributed by atoms with Gasteiger partial charge in [-0.1, -0.05) is 0 Å². The van der Waals surface area contributed by atoms with Crippen molar-refractivity contribution in [3.05, 3.63) is 24.0 Å². The van der Waals surface area contributed by atoms with Gasteiger partial charge < -0.3 is 15.0 Å². The molecule has 0 atom stereocenters. The van der Waals surface area contributed by atoms with Gasteiger partial charge in [0.05, 0.1) is 23.7 Å². The minimum atomic E-state index is 0.273. The number of hydrogen-bond donors (Lipinski definition) is 1. The number of nitrogens with zero attached hydrogens (tertiary/aromatic N) is 2. The molecule has 2 aromatic rings. The number of nitrogen functional groups attached to an aromatic ring is 1. The van der Waals surface area contributed by atoms with Crippen LogP contribution in [-0.2, 0) is 11.3 Å². The SMILES string of the molecule is CC(C)OCCn1c(C2CC2)nc2cc(N)ccc21. The van der Waals surface area contributed by atoms with Crippen molar-refractivity contribution < 1.29 is 4.74 Å². The van der Waals surface area contributed by atoms with E-state index >= 15 is 0 Å². The molecule has 0 spiro atoms. The molecule has 4 nitrogen and oxygen atoms in total.